The zero-order valence-electron chi connectivity index (χ0n) is 13.9. The number of nitrogens with one attached hydrogen (secondary N) is 1. The minimum absolute atomic E-state index is 0.443. The maximum absolute atomic E-state index is 5.70. The van der Waals surface area contributed by atoms with Crippen molar-refractivity contribution in [2.45, 2.75) is 52.5 Å². The van der Waals surface area contributed by atoms with Gasteiger partial charge in [0.2, 0.25) is 0 Å². The smallest absolute Gasteiger partial charge is 0.0512 e. The van der Waals surface area contributed by atoms with E-state index in [0.717, 1.165) is 25.7 Å². The highest BCUT2D eigenvalue weighted by molar-refractivity contribution is 5.26. The maximum Gasteiger partial charge on any atom is 0.0512 e. The normalized spacial score (nSPS) is 20.7. The minimum Gasteiger partial charge on any atom is -0.381 e. The Morgan fingerprint density at radius 2 is 2.00 bits per heavy atom. The topological polar surface area (TPSA) is 21.3 Å². The molecule has 1 fully saturated rings. The lowest BCUT2D eigenvalue weighted by atomic mass is 9.88. The van der Waals surface area contributed by atoms with Crippen molar-refractivity contribution >= 4 is 0 Å². The molecule has 2 unspecified atom stereocenters. The van der Waals surface area contributed by atoms with E-state index in [-0.39, 0.29) is 0 Å². The van der Waals surface area contributed by atoms with Crippen molar-refractivity contribution in [1.82, 2.24) is 5.32 Å². The fourth-order valence-corrected chi connectivity index (χ4v) is 3.22. The number of ether oxygens (including phenoxy) is 1. The molecule has 21 heavy (non-hydrogen) atoms. The van der Waals surface area contributed by atoms with Gasteiger partial charge in [-0.15, -0.1) is 0 Å². The highest BCUT2D eigenvalue weighted by atomic mass is 16.5. The fraction of sp³-hybridized carbons (Fsp3) is 0.684. The molecule has 1 heterocycles. The van der Waals surface area contributed by atoms with Gasteiger partial charge in [0.1, 0.15) is 0 Å². The summed E-state index contributed by atoms with van der Waals surface area (Å²) in [4.78, 5) is 0. The molecule has 1 saturated heterocycles. The Morgan fingerprint density at radius 1 is 1.24 bits per heavy atom. The second-order valence-corrected chi connectivity index (χ2v) is 6.75. The molecule has 1 aromatic rings. The van der Waals surface area contributed by atoms with Crippen LogP contribution in [-0.4, -0.2) is 19.8 Å². The van der Waals surface area contributed by atoms with Crippen molar-refractivity contribution in [2.24, 2.45) is 11.8 Å². The molecule has 0 radical (unpaired) electrons. The molecule has 1 aliphatic rings. The van der Waals surface area contributed by atoms with Crippen molar-refractivity contribution in [3.63, 3.8) is 0 Å². The van der Waals surface area contributed by atoms with Crippen molar-refractivity contribution in [3.8, 4) is 0 Å². The fourth-order valence-electron chi connectivity index (χ4n) is 3.22. The van der Waals surface area contributed by atoms with Gasteiger partial charge in [0.05, 0.1) is 6.61 Å². The summed E-state index contributed by atoms with van der Waals surface area (Å²) in [5.74, 6) is 1.33. The SMILES string of the molecule is CCCNC(c1ccc(CC(C)C)cc1)C1CCCOC1. The lowest BCUT2D eigenvalue weighted by Crippen LogP contribution is -2.33. The molecule has 0 amide bonds. The third kappa shape index (κ3) is 5.12. The van der Waals surface area contributed by atoms with Crippen LogP contribution >= 0.6 is 0 Å². The second kappa shape index (κ2) is 8.55. The zero-order chi connectivity index (χ0) is 15.1. The van der Waals surface area contributed by atoms with Crippen LogP contribution in [0.4, 0.5) is 0 Å². The number of hydrogen-bond acceptors (Lipinski definition) is 2. The van der Waals surface area contributed by atoms with E-state index in [0.29, 0.717) is 12.0 Å². The number of benzene rings is 1. The molecule has 1 N–H and O–H groups in total. The molecule has 0 aromatic heterocycles. The number of rotatable bonds is 7. The average Bonchev–Trinajstić information content (AvgIpc) is 2.50. The summed E-state index contributed by atoms with van der Waals surface area (Å²) < 4.78 is 5.70. The zero-order valence-corrected chi connectivity index (χ0v) is 13.9. The lowest BCUT2D eigenvalue weighted by Gasteiger charge is -2.31. The average molecular weight is 289 g/mol. The van der Waals surface area contributed by atoms with E-state index in [1.54, 1.807) is 0 Å². The van der Waals surface area contributed by atoms with Crippen molar-refractivity contribution in [3.05, 3.63) is 35.4 Å². The quantitative estimate of drug-likeness (QED) is 0.805. The highest BCUT2D eigenvalue weighted by Gasteiger charge is 2.25. The summed E-state index contributed by atoms with van der Waals surface area (Å²) in [5, 5.41) is 3.74. The Labute approximate surface area is 130 Å². The molecule has 0 bridgehead atoms. The molecule has 1 aromatic carbocycles. The second-order valence-electron chi connectivity index (χ2n) is 6.75. The van der Waals surface area contributed by atoms with Crippen molar-refractivity contribution < 1.29 is 4.74 Å². The van der Waals surface area contributed by atoms with Crippen molar-refractivity contribution in [2.75, 3.05) is 19.8 Å². The molecule has 2 rings (SSSR count). The van der Waals surface area contributed by atoms with Crippen LogP contribution in [0.15, 0.2) is 24.3 Å². The third-order valence-electron chi connectivity index (χ3n) is 4.26. The summed E-state index contributed by atoms with van der Waals surface area (Å²) in [7, 11) is 0. The predicted octanol–water partition coefficient (Wildman–Crippen LogP) is 4.35. The van der Waals surface area contributed by atoms with Crippen LogP contribution in [0, 0.1) is 11.8 Å². The first-order chi connectivity index (χ1) is 10.2. The van der Waals surface area contributed by atoms with E-state index in [2.05, 4.69) is 50.4 Å². The van der Waals surface area contributed by atoms with Crippen LogP contribution in [0.25, 0.3) is 0 Å². The van der Waals surface area contributed by atoms with Crippen LogP contribution in [0.3, 0.4) is 0 Å². The molecule has 2 nitrogen and oxygen atoms in total. The summed E-state index contributed by atoms with van der Waals surface area (Å²) in [5.41, 5.74) is 2.87. The summed E-state index contributed by atoms with van der Waals surface area (Å²) >= 11 is 0. The van der Waals surface area contributed by atoms with Gasteiger partial charge < -0.3 is 10.1 Å². The molecule has 0 saturated carbocycles. The van der Waals surface area contributed by atoms with E-state index >= 15 is 0 Å². The number of hydrogen-bond donors (Lipinski definition) is 1. The van der Waals surface area contributed by atoms with Gasteiger partial charge in [0, 0.05) is 18.6 Å². The summed E-state index contributed by atoms with van der Waals surface area (Å²) in [6, 6.07) is 9.69. The van der Waals surface area contributed by atoms with Crippen LogP contribution in [-0.2, 0) is 11.2 Å². The van der Waals surface area contributed by atoms with E-state index in [1.165, 1.54) is 36.8 Å². The van der Waals surface area contributed by atoms with Crippen LogP contribution in [0.2, 0.25) is 0 Å². The van der Waals surface area contributed by atoms with Gasteiger partial charge in [-0.2, -0.15) is 0 Å². The highest BCUT2D eigenvalue weighted by Crippen LogP contribution is 2.29. The van der Waals surface area contributed by atoms with Gasteiger partial charge in [0.25, 0.3) is 0 Å². The molecule has 1 aliphatic heterocycles. The largest absolute Gasteiger partial charge is 0.381 e. The minimum atomic E-state index is 0.443. The standard InChI is InChI=1S/C19H31NO/c1-4-11-20-19(18-6-5-12-21-14-18)17-9-7-16(8-10-17)13-15(2)3/h7-10,15,18-20H,4-6,11-14H2,1-3H3. The van der Waals surface area contributed by atoms with Gasteiger partial charge in [-0.25, -0.2) is 0 Å². The molecular weight excluding hydrogens is 258 g/mol. The Hall–Kier alpha value is -0.860. The monoisotopic (exact) mass is 289 g/mol. The lowest BCUT2D eigenvalue weighted by molar-refractivity contribution is 0.0390. The van der Waals surface area contributed by atoms with Crippen molar-refractivity contribution in [1.29, 1.82) is 0 Å². The van der Waals surface area contributed by atoms with E-state index in [9.17, 15) is 0 Å². The van der Waals surface area contributed by atoms with Crippen LogP contribution < -0.4 is 5.32 Å². The first-order valence-corrected chi connectivity index (χ1v) is 8.60. The van der Waals surface area contributed by atoms with Gasteiger partial charge >= 0.3 is 0 Å². The molecule has 2 atom stereocenters. The molecule has 0 spiro atoms. The Balaban J connectivity index is 2.07. The molecular formula is C19H31NO. The Bertz CT molecular complexity index is 393. The van der Waals surface area contributed by atoms with Gasteiger partial charge in [0.15, 0.2) is 0 Å². The Morgan fingerprint density at radius 3 is 2.57 bits per heavy atom. The molecule has 118 valence electrons. The molecule has 0 aliphatic carbocycles. The third-order valence-corrected chi connectivity index (χ3v) is 4.26. The van der Waals surface area contributed by atoms with E-state index in [1.807, 2.05) is 0 Å². The van der Waals surface area contributed by atoms with E-state index in [4.69, 9.17) is 4.74 Å². The first kappa shape index (κ1) is 16.5. The van der Waals surface area contributed by atoms with E-state index < -0.39 is 0 Å². The summed E-state index contributed by atoms with van der Waals surface area (Å²) in [6.45, 7) is 9.69. The molecule has 2 heteroatoms. The van der Waals surface area contributed by atoms with Gasteiger partial charge in [-0.1, -0.05) is 45.0 Å². The first-order valence-electron chi connectivity index (χ1n) is 8.60. The van der Waals surface area contributed by atoms with Crippen LogP contribution in [0.5, 0.6) is 0 Å². The predicted molar refractivity (Wildman–Crippen MR) is 89.6 cm³/mol. The van der Waals surface area contributed by atoms with Gasteiger partial charge in [-0.05, 0) is 49.3 Å². The van der Waals surface area contributed by atoms with Crippen LogP contribution in [0.1, 0.15) is 57.2 Å². The Kier molecular flexibility index (Phi) is 6.72. The maximum atomic E-state index is 5.70. The summed E-state index contributed by atoms with van der Waals surface area (Å²) in [6.07, 6.45) is 4.81. The van der Waals surface area contributed by atoms with Gasteiger partial charge in [-0.3, -0.25) is 0 Å².